The van der Waals surface area contributed by atoms with Crippen LogP contribution in [0.1, 0.15) is 0 Å². The lowest BCUT2D eigenvalue weighted by Crippen LogP contribution is -2.63. The van der Waals surface area contributed by atoms with Crippen molar-refractivity contribution in [1.29, 1.82) is 0 Å². The minimum Gasteiger partial charge on any atom is -0.394 e. The van der Waals surface area contributed by atoms with Gasteiger partial charge in [-0.15, -0.1) is 0 Å². The molecule has 106 valence electrons. The van der Waals surface area contributed by atoms with Gasteiger partial charge in [-0.1, -0.05) is 0 Å². The minimum atomic E-state index is -1.45. The molecule has 0 saturated carbocycles. The molecule has 18 heavy (non-hydrogen) atoms. The third-order valence-corrected chi connectivity index (χ3v) is 3.51. The molecule has 2 rings (SSSR count). The lowest BCUT2D eigenvalue weighted by atomic mass is 9.98. The van der Waals surface area contributed by atoms with Crippen LogP contribution in [0.3, 0.4) is 0 Å². The number of ether oxygens (including phenoxy) is 1. The quantitative estimate of drug-likeness (QED) is 0.296. The molecule has 0 amide bonds. The first-order valence-electron chi connectivity index (χ1n) is 5.86. The van der Waals surface area contributed by atoms with Gasteiger partial charge in [0, 0.05) is 13.1 Å². The van der Waals surface area contributed by atoms with E-state index in [0.717, 1.165) is 0 Å². The summed E-state index contributed by atoms with van der Waals surface area (Å²) in [5.41, 5.74) is 0. The largest absolute Gasteiger partial charge is 0.394 e. The predicted octanol–water partition coefficient (Wildman–Crippen LogP) is -4.18. The maximum atomic E-state index is 9.83. The van der Waals surface area contributed by atoms with Crippen LogP contribution in [0.4, 0.5) is 0 Å². The van der Waals surface area contributed by atoms with Crippen LogP contribution in [0, 0.1) is 0 Å². The van der Waals surface area contributed by atoms with Crippen LogP contribution in [-0.4, -0.2) is 98.1 Å². The van der Waals surface area contributed by atoms with Crippen LogP contribution in [0.5, 0.6) is 0 Å². The molecule has 2 aliphatic rings. The molecule has 6 N–H and O–H groups in total. The Morgan fingerprint density at radius 2 is 1.44 bits per heavy atom. The molecule has 8 nitrogen and oxygen atoms in total. The van der Waals surface area contributed by atoms with Crippen molar-refractivity contribution in [2.24, 2.45) is 0 Å². The molecule has 0 radical (unpaired) electrons. The fraction of sp³-hybridized carbons (Fsp3) is 1.00. The van der Waals surface area contributed by atoms with Gasteiger partial charge in [0.1, 0.15) is 30.6 Å². The number of aliphatic hydroxyl groups excluding tert-OH is 6. The minimum absolute atomic E-state index is 0.0872. The summed E-state index contributed by atoms with van der Waals surface area (Å²) in [6, 6.07) is 0. The van der Waals surface area contributed by atoms with E-state index in [1.165, 1.54) is 4.90 Å². The molecule has 0 spiro atoms. The smallest absolute Gasteiger partial charge is 0.140 e. The van der Waals surface area contributed by atoms with Gasteiger partial charge in [-0.25, -0.2) is 0 Å². The monoisotopic (exact) mass is 265 g/mol. The Morgan fingerprint density at radius 3 is 1.94 bits per heavy atom. The van der Waals surface area contributed by atoms with Crippen molar-refractivity contribution in [1.82, 2.24) is 4.90 Å². The van der Waals surface area contributed by atoms with Gasteiger partial charge >= 0.3 is 0 Å². The van der Waals surface area contributed by atoms with Crippen LogP contribution in [0.25, 0.3) is 0 Å². The topological polar surface area (TPSA) is 134 Å². The zero-order valence-corrected chi connectivity index (χ0v) is 9.70. The number of aliphatic hydroxyl groups is 6. The summed E-state index contributed by atoms with van der Waals surface area (Å²) in [4.78, 5) is 1.47. The van der Waals surface area contributed by atoms with Gasteiger partial charge in [-0.05, 0) is 0 Å². The van der Waals surface area contributed by atoms with Gasteiger partial charge in [-0.2, -0.15) is 0 Å². The second kappa shape index (κ2) is 5.35. The summed E-state index contributed by atoms with van der Waals surface area (Å²) in [6.07, 6.45) is -8.08. The highest BCUT2D eigenvalue weighted by Crippen LogP contribution is 2.26. The van der Waals surface area contributed by atoms with E-state index < -0.39 is 49.5 Å². The maximum Gasteiger partial charge on any atom is 0.140 e. The van der Waals surface area contributed by atoms with Crippen LogP contribution >= 0.6 is 0 Å². The van der Waals surface area contributed by atoms with Gasteiger partial charge in [0.25, 0.3) is 0 Å². The van der Waals surface area contributed by atoms with Crippen LogP contribution in [-0.2, 0) is 4.74 Å². The highest BCUT2D eigenvalue weighted by molar-refractivity contribution is 4.95. The molecule has 0 aromatic carbocycles. The Balaban J connectivity index is 2.08. The summed E-state index contributed by atoms with van der Waals surface area (Å²) in [6.45, 7) is -0.325. The Bertz CT molecular complexity index is 279. The van der Waals surface area contributed by atoms with E-state index in [1.807, 2.05) is 0 Å². The van der Waals surface area contributed by atoms with E-state index in [1.54, 1.807) is 0 Å². The van der Waals surface area contributed by atoms with E-state index in [0.29, 0.717) is 0 Å². The van der Waals surface area contributed by atoms with Crippen LogP contribution < -0.4 is 0 Å². The average Bonchev–Trinajstić information content (AvgIpc) is 2.67. The molecule has 7 atom stereocenters. The first-order valence-corrected chi connectivity index (χ1v) is 5.86. The molecule has 0 aromatic rings. The lowest BCUT2D eigenvalue weighted by Gasteiger charge is -2.43. The van der Waals surface area contributed by atoms with Crippen molar-refractivity contribution in [2.75, 3.05) is 19.7 Å². The van der Waals surface area contributed by atoms with E-state index >= 15 is 0 Å². The molecule has 8 heteroatoms. The van der Waals surface area contributed by atoms with Crippen molar-refractivity contribution in [2.45, 2.75) is 42.9 Å². The van der Waals surface area contributed by atoms with Gasteiger partial charge in [-0.3, -0.25) is 4.90 Å². The van der Waals surface area contributed by atoms with Gasteiger partial charge in [0.2, 0.25) is 0 Å². The van der Waals surface area contributed by atoms with Crippen molar-refractivity contribution in [3.8, 4) is 0 Å². The second-order valence-corrected chi connectivity index (χ2v) is 4.81. The van der Waals surface area contributed by atoms with E-state index in [-0.39, 0.29) is 13.1 Å². The number of rotatable bonds is 2. The predicted molar refractivity (Wildman–Crippen MR) is 57.4 cm³/mol. The molecule has 0 bridgehead atoms. The Labute approximate surface area is 104 Å². The first kappa shape index (κ1) is 14.1. The standard InChI is InChI=1S/C10H19NO7/c12-3-6-7(15)8(16)9(17)10(18-6)11-1-4(13)5(14)2-11/h4-10,12-17H,1-3H2/t4?,5?,6-,7-,8+,9-,10-/m1/s1. The van der Waals surface area contributed by atoms with E-state index in [9.17, 15) is 25.5 Å². The molecule has 2 saturated heterocycles. The molecular weight excluding hydrogens is 246 g/mol. The Kier molecular flexibility index (Phi) is 4.19. The Hall–Kier alpha value is -0.320. The Morgan fingerprint density at radius 1 is 0.889 bits per heavy atom. The summed E-state index contributed by atoms with van der Waals surface area (Å²) < 4.78 is 5.30. The highest BCUT2D eigenvalue weighted by atomic mass is 16.6. The zero-order chi connectivity index (χ0) is 13.4. The van der Waals surface area contributed by atoms with Gasteiger partial charge in [0.15, 0.2) is 0 Å². The number of likely N-dealkylation sites (tertiary alicyclic amines) is 1. The van der Waals surface area contributed by atoms with Crippen molar-refractivity contribution in [3.63, 3.8) is 0 Å². The highest BCUT2D eigenvalue weighted by Gasteiger charge is 2.48. The molecule has 2 aliphatic heterocycles. The summed E-state index contributed by atoms with van der Waals surface area (Å²) in [5.74, 6) is 0. The van der Waals surface area contributed by atoms with Gasteiger partial charge in [0.05, 0.1) is 18.8 Å². The summed E-state index contributed by atoms with van der Waals surface area (Å²) in [5, 5.41) is 57.0. The number of nitrogens with zero attached hydrogens (tertiary/aromatic N) is 1. The van der Waals surface area contributed by atoms with Crippen molar-refractivity contribution >= 4 is 0 Å². The fourth-order valence-electron chi connectivity index (χ4n) is 2.39. The maximum absolute atomic E-state index is 9.83. The SMILES string of the molecule is OC[C@H]1O[C@@H](N2CC(O)C(O)C2)[C@H](O)[C@@H](O)[C@@H]1O. The molecule has 2 heterocycles. The van der Waals surface area contributed by atoms with Crippen LogP contribution in [0.2, 0.25) is 0 Å². The normalized spacial score (nSPS) is 50.7. The van der Waals surface area contributed by atoms with E-state index in [2.05, 4.69) is 0 Å². The fourth-order valence-corrected chi connectivity index (χ4v) is 2.39. The third-order valence-electron chi connectivity index (χ3n) is 3.51. The third kappa shape index (κ3) is 2.38. The number of hydrogen-bond donors (Lipinski definition) is 6. The van der Waals surface area contributed by atoms with Crippen molar-refractivity contribution in [3.05, 3.63) is 0 Å². The second-order valence-electron chi connectivity index (χ2n) is 4.81. The van der Waals surface area contributed by atoms with Crippen molar-refractivity contribution < 1.29 is 35.4 Å². The number of hydrogen-bond acceptors (Lipinski definition) is 8. The molecular formula is C10H19NO7. The average molecular weight is 265 g/mol. The summed E-state index contributed by atoms with van der Waals surface area (Å²) >= 11 is 0. The molecule has 2 fully saturated rings. The lowest BCUT2D eigenvalue weighted by molar-refractivity contribution is -0.263. The summed E-state index contributed by atoms with van der Waals surface area (Å²) in [7, 11) is 0. The van der Waals surface area contributed by atoms with Crippen LogP contribution in [0.15, 0.2) is 0 Å². The van der Waals surface area contributed by atoms with E-state index in [4.69, 9.17) is 9.84 Å². The first-order chi connectivity index (χ1) is 8.45. The molecule has 2 unspecified atom stereocenters. The van der Waals surface area contributed by atoms with Gasteiger partial charge < -0.3 is 35.4 Å². The molecule has 0 aliphatic carbocycles. The zero-order valence-electron chi connectivity index (χ0n) is 9.70. The number of β-amino-alcohol motifs (C(OH)–C–C–N with tert-alkyl or cyclic N) is 2. The molecule has 0 aromatic heterocycles.